The molecule has 0 bridgehead atoms. The lowest BCUT2D eigenvalue weighted by Gasteiger charge is -2.02. The van der Waals surface area contributed by atoms with Gasteiger partial charge in [0, 0.05) is 17.6 Å². The van der Waals surface area contributed by atoms with Gasteiger partial charge in [-0.1, -0.05) is 0 Å². The van der Waals surface area contributed by atoms with Crippen molar-refractivity contribution >= 4 is 32.7 Å². The monoisotopic (exact) mass is 317 g/mol. The van der Waals surface area contributed by atoms with Crippen molar-refractivity contribution in [3.8, 4) is 0 Å². The highest BCUT2D eigenvalue weighted by atomic mass is 32.2. The zero-order valence-corrected chi connectivity index (χ0v) is 13.1. The molecule has 0 saturated heterocycles. The Morgan fingerprint density at radius 3 is 2.68 bits per heavy atom. The van der Waals surface area contributed by atoms with Gasteiger partial charge in [0.05, 0.1) is 6.54 Å². The molecule has 0 aliphatic rings. The van der Waals surface area contributed by atoms with Gasteiger partial charge in [-0.05, 0) is 31.0 Å². The van der Waals surface area contributed by atoms with Gasteiger partial charge >= 0.3 is 0 Å². The number of sulfonamides is 1. The third kappa shape index (κ3) is 3.83. The van der Waals surface area contributed by atoms with E-state index in [1.165, 1.54) is 22.7 Å². The maximum Gasteiger partial charge on any atom is 0.250 e. The Labute approximate surface area is 120 Å². The van der Waals surface area contributed by atoms with Crippen LogP contribution in [0.3, 0.4) is 0 Å². The highest BCUT2D eigenvalue weighted by molar-refractivity contribution is 7.91. The van der Waals surface area contributed by atoms with Crippen molar-refractivity contribution in [2.75, 3.05) is 7.05 Å². The van der Waals surface area contributed by atoms with Crippen LogP contribution in [0.4, 0.5) is 0 Å². The average molecular weight is 317 g/mol. The molecule has 0 amide bonds. The minimum Gasteiger partial charge on any atom is -0.316 e. The molecule has 19 heavy (non-hydrogen) atoms. The number of aryl methyl sites for hydroxylation is 1. The van der Waals surface area contributed by atoms with E-state index in [1.807, 2.05) is 24.7 Å². The molecule has 2 aromatic rings. The van der Waals surface area contributed by atoms with Crippen molar-refractivity contribution in [1.82, 2.24) is 15.0 Å². The number of rotatable bonds is 6. The fourth-order valence-electron chi connectivity index (χ4n) is 1.50. The van der Waals surface area contributed by atoms with Crippen LogP contribution in [0.2, 0.25) is 0 Å². The van der Waals surface area contributed by atoms with Gasteiger partial charge in [-0.25, -0.2) is 18.1 Å². The molecule has 2 heterocycles. The van der Waals surface area contributed by atoms with E-state index in [4.69, 9.17) is 0 Å². The number of hydrogen-bond donors (Lipinski definition) is 2. The molecule has 0 aliphatic heterocycles. The van der Waals surface area contributed by atoms with Crippen LogP contribution in [-0.2, 0) is 23.1 Å². The quantitative estimate of drug-likeness (QED) is 0.851. The molecule has 0 saturated carbocycles. The maximum atomic E-state index is 12.1. The first kappa shape index (κ1) is 14.6. The topological polar surface area (TPSA) is 71.1 Å². The van der Waals surface area contributed by atoms with Crippen LogP contribution in [0.5, 0.6) is 0 Å². The van der Waals surface area contributed by atoms with Gasteiger partial charge < -0.3 is 5.32 Å². The summed E-state index contributed by atoms with van der Waals surface area (Å²) in [6, 6.07) is 1.69. The Morgan fingerprint density at radius 2 is 2.05 bits per heavy atom. The first-order valence-corrected chi connectivity index (χ1v) is 8.88. The van der Waals surface area contributed by atoms with Crippen LogP contribution < -0.4 is 10.0 Å². The number of nitrogens with zero attached hydrogens (tertiary/aromatic N) is 1. The molecule has 0 spiro atoms. The Bertz CT molecular complexity index is 646. The van der Waals surface area contributed by atoms with Crippen molar-refractivity contribution < 1.29 is 8.42 Å². The van der Waals surface area contributed by atoms with E-state index in [9.17, 15) is 8.42 Å². The SMILES string of the molecule is CNCc1csc(S(=O)(=O)NCc2nc(C)cs2)c1. The lowest BCUT2D eigenvalue weighted by atomic mass is 10.3. The molecule has 0 unspecified atom stereocenters. The highest BCUT2D eigenvalue weighted by Crippen LogP contribution is 2.20. The molecule has 8 heteroatoms. The standard InChI is InChI=1S/C11H15N3O2S3/c1-8-6-17-10(14-8)5-13-19(15,16)11-3-9(4-12-2)7-18-11/h3,6-7,12-13H,4-5H2,1-2H3. The van der Waals surface area contributed by atoms with Gasteiger partial charge in [0.2, 0.25) is 10.0 Å². The van der Waals surface area contributed by atoms with E-state index >= 15 is 0 Å². The molecule has 2 aromatic heterocycles. The molecule has 2 rings (SSSR count). The van der Waals surface area contributed by atoms with E-state index in [2.05, 4.69) is 15.0 Å². The summed E-state index contributed by atoms with van der Waals surface area (Å²) in [6.45, 7) is 2.79. The molecule has 5 nitrogen and oxygen atoms in total. The van der Waals surface area contributed by atoms with E-state index in [-0.39, 0.29) is 6.54 Å². The number of aromatic nitrogens is 1. The molecule has 0 atom stereocenters. The van der Waals surface area contributed by atoms with Crippen LogP contribution in [0, 0.1) is 6.92 Å². The predicted molar refractivity (Wildman–Crippen MR) is 78.0 cm³/mol. The Hall–Kier alpha value is -0.800. The average Bonchev–Trinajstić information content (AvgIpc) is 2.97. The third-order valence-corrected chi connectivity index (χ3v) is 6.21. The van der Waals surface area contributed by atoms with E-state index < -0.39 is 10.0 Å². The molecule has 0 fully saturated rings. The minimum absolute atomic E-state index is 0.236. The van der Waals surface area contributed by atoms with Crippen LogP contribution >= 0.6 is 22.7 Å². The smallest absolute Gasteiger partial charge is 0.250 e. The van der Waals surface area contributed by atoms with Crippen LogP contribution in [0.15, 0.2) is 21.0 Å². The number of nitrogens with one attached hydrogen (secondary N) is 2. The zero-order chi connectivity index (χ0) is 13.9. The fourth-order valence-corrected chi connectivity index (χ4v) is 4.55. The van der Waals surface area contributed by atoms with Gasteiger partial charge in [-0.3, -0.25) is 0 Å². The van der Waals surface area contributed by atoms with E-state index in [0.29, 0.717) is 10.8 Å². The summed E-state index contributed by atoms with van der Waals surface area (Å²) in [5, 5.41) is 7.51. The Kier molecular flexibility index (Phi) is 4.69. The fraction of sp³-hybridized carbons (Fsp3) is 0.364. The van der Waals surface area contributed by atoms with Gasteiger partial charge in [0.15, 0.2) is 0 Å². The second-order valence-corrected chi connectivity index (χ2v) is 7.86. The molecule has 0 aromatic carbocycles. The second kappa shape index (κ2) is 6.10. The molecule has 0 radical (unpaired) electrons. The van der Waals surface area contributed by atoms with Crippen LogP contribution in [0.25, 0.3) is 0 Å². The lowest BCUT2D eigenvalue weighted by Crippen LogP contribution is -2.22. The first-order valence-electron chi connectivity index (χ1n) is 5.64. The van der Waals surface area contributed by atoms with Crippen molar-refractivity contribution in [3.05, 3.63) is 33.1 Å². The van der Waals surface area contributed by atoms with Gasteiger partial charge in [-0.15, -0.1) is 22.7 Å². The zero-order valence-electron chi connectivity index (χ0n) is 10.6. The number of thiophene rings is 1. The summed E-state index contributed by atoms with van der Waals surface area (Å²) < 4.78 is 27.1. The summed E-state index contributed by atoms with van der Waals surface area (Å²) in [4.78, 5) is 4.23. The second-order valence-electron chi connectivity index (χ2n) is 4.01. The van der Waals surface area contributed by atoms with Crippen molar-refractivity contribution in [1.29, 1.82) is 0 Å². The van der Waals surface area contributed by atoms with E-state index in [1.54, 1.807) is 6.07 Å². The van der Waals surface area contributed by atoms with Crippen molar-refractivity contribution in [2.45, 2.75) is 24.2 Å². The Balaban J connectivity index is 2.04. The summed E-state index contributed by atoms with van der Waals surface area (Å²) in [6.07, 6.45) is 0. The molecule has 104 valence electrons. The van der Waals surface area contributed by atoms with Crippen LogP contribution in [0.1, 0.15) is 16.3 Å². The minimum atomic E-state index is -3.44. The molecular formula is C11H15N3O2S3. The van der Waals surface area contributed by atoms with Gasteiger partial charge in [0.1, 0.15) is 9.22 Å². The summed E-state index contributed by atoms with van der Waals surface area (Å²) in [5.41, 5.74) is 1.88. The summed E-state index contributed by atoms with van der Waals surface area (Å²) in [7, 11) is -1.61. The third-order valence-electron chi connectivity index (χ3n) is 2.36. The number of thiazole rings is 1. The maximum absolute atomic E-state index is 12.1. The Morgan fingerprint density at radius 1 is 1.26 bits per heavy atom. The largest absolute Gasteiger partial charge is 0.316 e. The van der Waals surface area contributed by atoms with Crippen LogP contribution in [-0.4, -0.2) is 20.4 Å². The molecule has 0 aliphatic carbocycles. The van der Waals surface area contributed by atoms with Gasteiger partial charge in [0.25, 0.3) is 0 Å². The summed E-state index contributed by atoms with van der Waals surface area (Å²) in [5.74, 6) is 0. The number of hydrogen-bond acceptors (Lipinski definition) is 6. The summed E-state index contributed by atoms with van der Waals surface area (Å²) >= 11 is 2.68. The highest BCUT2D eigenvalue weighted by Gasteiger charge is 2.17. The normalized spacial score (nSPS) is 11.9. The first-order chi connectivity index (χ1) is 9.01. The van der Waals surface area contributed by atoms with Gasteiger partial charge in [-0.2, -0.15) is 0 Å². The van der Waals surface area contributed by atoms with E-state index in [0.717, 1.165) is 16.3 Å². The lowest BCUT2D eigenvalue weighted by molar-refractivity contribution is 0.583. The molecular weight excluding hydrogens is 302 g/mol. The molecule has 2 N–H and O–H groups in total. The predicted octanol–water partition coefficient (Wildman–Crippen LogP) is 1.71. The van der Waals surface area contributed by atoms with Crippen molar-refractivity contribution in [2.24, 2.45) is 0 Å². The van der Waals surface area contributed by atoms with Crippen molar-refractivity contribution in [3.63, 3.8) is 0 Å².